The van der Waals surface area contributed by atoms with E-state index in [1.165, 1.54) is 32.1 Å². The van der Waals surface area contributed by atoms with E-state index in [9.17, 15) is 0 Å². The van der Waals surface area contributed by atoms with Crippen LogP contribution in [-0.4, -0.2) is 13.2 Å². The van der Waals surface area contributed by atoms with Crippen LogP contribution in [0.5, 0.6) is 0 Å². The number of ether oxygens (including phenoxy) is 1. The molecule has 0 amide bonds. The number of methoxy groups -OCH3 is 1. The first-order chi connectivity index (χ1) is 4.88. The number of rotatable bonds is 2. The number of hydrogen-bond donors (Lipinski definition) is 0. The fourth-order valence-electron chi connectivity index (χ4n) is 1.95. The molecule has 0 saturated heterocycles. The average molecular weight is 142 g/mol. The normalized spacial score (nSPS) is 34.2. The van der Waals surface area contributed by atoms with Crippen LogP contribution in [0.4, 0.5) is 0 Å². The summed E-state index contributed by atoms with van der Waals surface area (Å²) in [4.78, 5) is 0. The van der Waals surface area contributed by atoms with Crippen LogP contribution in [0.3, 0.4) is 0 Å². The van der Waals surface area contributed by atoms with Gasteiger partial charge in [0, 0.05) is 7.11 Å². The molecule has 0 aliphatic heterocycles. The fourth-order valence-corrected chi connectivity index (χ4v) is 1.95. The predicted molar refractivity (Wildman–Crippen MR) is 43.0 cm³/mol. The lowest BCUT2D eigenvalue weighted by Gasteiger charge is -2.29. The average Bonchev–Trinajstić information content (AvgIpc) is 2.04. The first-order valence-corrected chi connectivity index (χ1v) is 4.41. The van der Waals surface area contributed by atoms with Crippen molar-refractivity contribution in [1.82, 2.24) is 0 Å². The van der Waals surface area contributed by atoms with E-state index < -0.39 is 0 Å². The monoisotopic (exact) mass is 142 g/mol. The second-order valence-corrected chi connectivity index (χ2v) is 3.23. The van der Waals surface area contributed by atoms with Crippen molar-refractivity contribution in [3.63, 3.8) is 0 Å². The second-order valence-electron chi connectivity index (χ2n) is 3.23. The van der Waals surface area contributed by atoms with Crippen molar-refractivity contribution in [1.29, 1.82) is 0 Å². The zero-order valence-corrected chi connectivity index (χ0v) is 7.10. The Labute approximate surface area is 63.8 Å². The van der Waals surface area contributed by atoms with Gasteiger partial charge in [-0.2, -0.15) is 0 Å². The molecule has 1 aliphatic carbocycles. The molecule has 0 spiro atoms. The Morgan fingerprint density at radius 3 is 2.50 bits per heavy atom. The van der Waals surface area contributed by atoms with Gasteiger partial charge in [-0.1, -0.05) is 26.2 Å². The topological polar surface area (TPSA) is 9.23 Å². The van der Waals surface area contributed by atoms with Crippen LogP contribution in [0, 0.1) is 5.92 Å². The summed E-state index contributed by atoms with van der Waals surface area (Å²) in [5.41, 5.74) is 0. The smallest absolute Gasteiger partial charge is 0.0599 e. The van der Waals surface area contributed by atoms with E-state index in [0.717, 1.165) is 5.92 Å². The molecule has 0 aromatic heterocycles. The van der Waals surface area contributed by atoms with Crippen molar-refractivity contribution in [2.24, 2.45) is 5.92 Å². The Kier molecular flexibility index (Phi) is 3.20. The highest BCUT2D eigenvalue weighted by atomic mass is 16.5. The Bertz CT molecular complexity index is 78.7. The van der Waals surface area contributed by atoms with Crippen LogP contribution in [0.15, 0.2) is 0 Å². The first-order valence-electron chi connectivity index (χ1n) is 4.41. The predicted octanol–water partition coefficient (Wildman–Crippen LogP) is 2.60. The third-order valence-electron chi connectivity index (χ3n) is 2.67. The summed E-state index contributed by atoms with van der Waals surface area (Å²) >= 11 is 0. The molecule has 0 unspecified atom stereocenters. The van der Waals surface area contributed by atoms with Crippen molar-refractivity contribution in [3.8, 4) is 0 Å². The third kappa shape index (κ3) is 1.72. The summed E-state index contributed by atoms with van der Waals surface area (Å²) in [6, 6.07) is 0. The molecule has 0 N–H and O–H groups in total. The summed E-state index contributed by atoms with van der Waals surface area (Å²) in [5, 5.41) is 0. The minimum Gasteiger partial charge on any atom is -0.381 e. The summed E-state index contributed by atoms with van der Waals surface area (Å²) in [6.07, 6.45) is 7.31. The van der Waals surface area contributed by atoms with Crippen molar-refractivity contribution >= 4 is 0 Å². The third-order valence-corrected chi connectivity index (χ3v) is 2.67. The first kappa shape index (κ1) is 8.06. The largest absolute Gasteiger partial charge is 0.381 e. The Morgan fingerprint density at radius 2 is 2.00 bits per heavy atom. The Hall–Kier alpha value is -0.0400. The maximum Gasteiger partial charge on any atom is 0.0599 e. The van der Waals surface area contributed by atoms with E-state index in [1.807, 2.05) is 7.11 Å². The molecule has 1 saturated carbocycles. The lowest BCUT2D eigenvalue weighted by molar-refractivity contribution is 0.0223. The maximum absolute atomic E-state index is 5.39. The van der Waals surface area contributed by atoms with Gasteiger partial charge in [0.05, 0.1) is 6.10 Å². The van der Waals surface area contributed by atoms with E-state index in [-0.39, 0.29) is 0 Å². The van der Waals surface area contributed by atoms with Crippen LogP contribution in [0.1, 0.15) is 39.0 Å². The van der Waals surface area contributed by atoms with Gasteiger partial charge in [0.1, 0.15) is 0 Å². The lowest BCUT2D eigenvalue weighted by atomic mass is 9.85. The zero-order valence-electron chi connectivity index (χ0n) is 7.10. The molecule has 1 aliphatic rings. The molecule has 0 aromatic carbocycles. The summed E-state index contributed by atoms with van der Waals surface area (Å²) in [5.74, 6) is 0.846. The highest BCUT2D eigenvalue weighted by Gasteiger charge is 2.22. The van der Waals surface area contributed by atoms with Gasteiger partial charge in [-0.05, 0) is 18.8 Å². The summed E-state index contributed by atoms with van der Waals surface area (Å²) < 4.78 is 5.39. The minimum absolute atomic E-state index is 0.568. The van der Waals surface area contributed by atoms with Crippen LogP contribution < -0.4 is 0 Å². The van der Waals surface area contributed by atoms with Crippen molar-refractivity contribution in [2.75, 3.05) is 7.11 Å². The highest BCUT2D eigenvalue weighted by Crippen LogP contribution is 2.28. The molecule has 0 radical (unpaired) electrons. The van der Waals surface area contributed by atoms with Crippen molar-refractivity contribution in [2.45, 2.75) is 45.1 Å². The Balaban J connectivity index is 2.34. The van der Waals surface area contributed by atoms with Gasteiger partial charge >= 0.3 is 0 Å². The van der Waals surface area contributed by atoms with Gasteiger partial charge in [0.2, 0.25) is 0 Å². The molecule has 1 heteroatoms. The van der Waals surface area contributed by atoms with Crippen LogP contribution >= 0.6 is 0 Å². The van der Waals surface area contributed by atoms with E-state index in [0.29, 0.717) is 6.10 Å². The molecule has 0 bridgehead atoms. The van der Waals surface area contributed by atoms with Gasteiger partial charge in [-0.3, -0.25) is 0 Å². The molecular formula is C9H18O. The van der Waals surface area contributed by atoms with Gasteiger partial charge in [-0.25, -0.2) is 0 Å². The molecule has 60 valence electrons. The van der Waals surface area contributed by atoms with Crippen LogP contribution in [0.2, 0.25) is 0 Å². The molecular weight excluding hydrogens is 124 g/mol. The SMILES string of the molecule is CC[C@H]1CCCC[C@H]1OC. The van der Waals surface area contributed by atoms with Gasteiger partial charge in [0.25, 0.3) is 0 Å². The molecule has 0 aromatic rings. The van der Waals surface area contributed by atoms with Gasteiger partial charge in [0.15, 0.2) is 0 Å². The van der Waals surface area contributed by atoms with E-state index in [1.54, 1.807) is 0 Å². The van der Waals surface area contributed by atoms with Crippen molar-refractivity contribution in [3.05, 3.63) is 0 Å². The molecule has 10 heavy (non-hydrogen) atoms. The van der Waals surface area contributed by atoms with Gasteiger partial charge in [-0.15, -0.1) is 0 Å². The molecule has 1 rings (SSSR count). The molecule has 1 nitrogen and oxygen atoms in total. The number of hydrogen-bond acceptors (Lipinski definition) is 1. The van der Waals surface area contributed by atoms with Crippen molar-refractivity contribution < 1.29 is 4.74 Å². The van der Waals surface area contributed by atoms with Gasteiger partial charge < -0.3 is 4.74 Å². The minimum atomic E-state index is 0.568. The maximum atomic E-state index is 5.39. The second kappa shape index (κ2) is 3.97. The summed E-state index contributed by atoms with van der Waals surface area (Å²) in [6.45, 7) is 2.27. The molecule has 2 atom stereocenters. The summed E-state index contributed by atoms with van der Waals surface area (Å²) in [7, 11) is 1.85. The lowest BCUT2D eigenvalue weighted by Crippen LogP contribution is -2.25. The molecule has 1 fully saturated rings. The van der Waals surface area contributed by atoms with Crippen LogP contribution in [-0.2, 0) is 4.74 Å². The quantitative estimate of drug-likeness (QED) is 0.576. The molecule has 0 heterocycles. The fraction of sp³-hybridized carbons (Fsp3) is 1.00. The van der Waals surface area contributed by atoms with Crippen LogP contribution in [0.25, 0.3) is 0 Å². The van der Waals surface area contributed by atoms with E-state index in [2.05, 4.69) is 6.92 Å². The zero-order chi connectivity index (χ0) is 7.40. The Morgan fingerprint density at radius 1 is 1.30 bits per heavy atom. The standard InChI is InChI=1S/C9H18O/c1-3-8-6-4-5-7-9(8)10-2/h8-9H,3-7H2,1-2H3/t8-,9+/m0/s1. The highest BCUT2D eigenvalue weighted by molar-refractivity contribution is 4.74. The van der Waals surface area contributed by atoms with E-state index in [4.69, 9.17) is 4.74 Å². The van der Waals surface area contributed by atoms with E-state index >= 15 is 0 Å².